The number of nitrogens with zero attached hydrogens (tertiary/aromatic N) is 1. The van der Waals surface area contributed by atoms with Crippen LogP contribution in [-0.2, 0) is 30.2 Å². The third-order valence-electron chi connectivity index (χ3n) is 5.00. The Kier molecular flexibility index (Phi) is 7.93. The van der Waals surface area contributed by atoms with Crippen molar-refractivity contribution in [2.45, 2.75) is 62.5 Å². The molecule has 2 aromatic carbocycles. The second-order valence-corrected chi connectivity index (χ2v) is 8.88. The zero-order valence-electron chi connectivity index (χ0n) is 18.6. The molecule has 3 rings (SSSR count). The fourth-order valence-corrected chi connectivity index (χ4v) is 4.26. The Balaban J connectivity index is 2.23. The third-order valence-corrected chi connectivity index (χ3v) is 5.72. The number of aromatic nitrogens is 1. The summed E-state index contributed by atoms with van der Waals surface area (Å²) in [5.41, 5.74) is -5.11. The van der Waals surface area contributed by atoms with Crippen LogP contribution in [0.25, 0.3) is 11.0 Å². The van der Waals surface area contributed by atoms with Crippen LogP contribution < -0.4 is 4.74 Å². The van der Waals surface area contributed by atoms with E-state index < -0.39 is 41.5 Å². The van der Waals surface area contributed by atoms with E-state index in [9.17, 15) is 36.2 Å². The number of ether oxygens (including phenoxy) is 1. The standard InChI is InChI=1S/C23H21F6NO4S/c1-3-5-13-9-16-20(34-30-21(16)22(24,25)26)15(6-4-2)19(13)33-17-11-14(35-23(27,28)29)8-7-12(17)10-18(31)32/h7-9,11H,3-6,10H2,1-2H3,(H,31,32). The molecule has 5 nitrogen and oxygen atoms in total. The summed E-state index contributed by atoms with van der Waals surface area (Å²) in [6.07, 6.45) is -3.71. The van der Waals surface area contributed by atoms with E-state index in [2.05, 4.69) is 5.16 Å². The molecule has 0 saturated heterocycles. The first-order valence-corrected chi connectivity index (χ1v) is 11.4. The monoisotopic (exact) mass is 521 g/mol. The predicted molar refractivity (Wildman–Crippen MR) is 117 cm³/mol. The fourth-order valence-electron chi connectivity index (χ4n) is 3.70. The van der Waals surface area contributed by atoms with E-state index in [1.54, 1.807) is 6.92 Å². The van der Waals surface area contributed by atoms with Crippen LogP contribution in [0.15, 0.2) is 33.7 Å². The molecule has 1 aromatic heterocycles. The molecule has 1 heterocycles. The van der Waals surface area contributed by atoms with Gasteiger partial charge in [0, 0.05) is 16.0 Å². The van der Waals surface area contributed by atoms with Gasteiger partial charge < -0.3 is 14.4 Å². The minimum Gasteiger partial charge on any atom is -0.481 e. The van der Waals surface area contributed by atoms with Crippen molar-refractivity contribution in [2.24, 2.45) is 0 Å². The number of rotatable bonds is 9. The maximum absolute atomic E-state index is 13.5. The quantitative estimate of drug-likeness (QED) is 0.229. The number of benzene rings is 2. The topological polar surface area (TPSA) is 72.6 Å². The van der Waals surface area contributed by atoms with Crippen molar-refractivity contribution in [3.05, 3.63) is 46.6 Å². The van der Waals surface area contributed by atoms with Crippen LogP contribution in [-0.4, -0.2) is 21.7 Å². The van der Waals surface area contributed by atoms with Crippen molar-refractivity contribution in [1.29, 1.82) is 0 Å². The number of carboxylic acid groups (broad SMARTS) is 1. The van der Waals surface area contributed by atoms with Gasteiger partial charge in [-0.05, 0) is 48.4 Å². The lowest BCUT2D eigenvalue weighted by molar-refractivity contribution is -0.141. The normalized spacial score (nSPS) is 12.3. The Morgan fingerprint density at radius 3 is 2.31 bits per heavy atom. The molecule has 0 radical (unpaired) electrons. The summed E-state index contributed by atoms with van der Waals surface area (Å²) >= 11 is -0.390. The van der Waals surface area contributed by atoms with Crippen molar-refractivity contribution >= 4 is 28.7 Å². The first-order valence-electron chi connectivity index (χ1n) is 10.6. The van der Waals surface area contributed by atoms with Crippen molar-refractivity contribution in [1.82, 2.24) is 5.16 Å². The van der Waals surface area contributed by atoms with E-state index in [0.29, 0.717) is 24.8 Å². The zero-order valence-corrected chi connectivity index (χ0v) is 19.5. The SMILES string of the molecule is CCCc1cc2c(C(F)(F)F)noc2c(CCC)c1Oc1cc(SC(F)(F)F)ccc1CC(=O)O. The van der Waals surface area contributed by atoms with Crippen molar-refractivity contribution in [3.63, 3.8) is 0 Å². The highest BCUT2D eigenvalue weighted by Gasteiger charge is 2.38. The molecule has 0 amide bonds. The molecule has 1 N–H and O–H groups in total. The number of carbonyl (C=O) groups is 1. The fraction of sp³-hybridized carbons (Fsp3) is 0.391. The molecule has 35 heavy (non-hydrogen) atoms. The highest BCUT2D eigenvalue weighted by atomic mass is 32.2. The Morgan fingerprint density at radius 1 is 1.06 bits per heavy atom. The summed E-state index contributed by atoms with van der Waals surface area (Å²) < 4.78 is 90.3. The molecule has 0 spiro atoms. The maximum Gasteiger partial charge on any atom is 0.446 e. The average molecular weight is 521 g/mol. The average Bonchev–Trinajstić information content (AvgIpc) is 3.15. The zero-order chi connectivity index (χ0) is 26.0. The largest absolute Gasteiger partial charge is 0.481 e. The summed E-state index contributed by atoms with van der Waals surface area (Å²) in [5, 5.41) is 12.2. The molecule has 12 heteroatoms. The van der Waals surface area contributed by atoms with E-state index in [4.69, 9.17) is 9.26 Å². The smallest absolute Gasteiger partial charge is 0.446 e. The van der Waals surface area contributed by atoms with Gasteiger partial charge in [-0.1, -0.05) is 37.9 Å². The van der Waals surface area contributed by atoms with E-state index in [0.717, 1.165) is 12.1 Å². The van der Waals surface area contributed by atoms with E-state index >= 15 is 0 Å². The molecular weight excluding hydrogens is 500 g/mol. The summed E-state index contributed by atoms with van der Waals surface area (Å²) in [6, 6.07) is 4.70. The molecule has 0 aliphatic rings. The van der Waals surface area contributed by atoms with Gasteiger partial charge in [0.1, 0.15) is 11.5 Å². The second-order valence-electron chi connectivity index (χ2n) is 7.74. The molecule has 0 aliphatic carbocycles. The Labute approximate surface area is 200 Å². The van der Waals surface area contributed by atoms with Gasteiger partial charge in [0.25, 0.3) is 0 Å². The van der Waals surface area contributed by atoms with Crippen molar-refractivity contribution in [2.75, 3.05) is 0 Å². The number of hydrogen-bond donors (Lipinski definition) is 1. The molecule has 0 bridgehead atoms. The molecule has 0 fully saturated rings. The van der Waals surface area contributed by atoms with Crippen molar-refractivity contribution in [3.8, 4) is 11.5 Å². The highest BCUT2D eigenvalue weighted by Crippen LogP contribution is 2.44. The van der Waals surface area contributed by atoms with Crippen LogP contribution in [0.1, 0.15) is 49.1 Å². The van der Waals surface area contributed by atoms with E-state index in [1.165, 1.54) is 12.1 Å². The molecule has 0 atom stereocenters. The van der Waals surface area contributed by atoms with Crippen LogP contribution in [0, 0.1) is 0 Å². The lowest BCUT2D eigenvalue weighted by Crippen LogP contribution is -2.07. The minimum absolute atomic E-state index is 0.113. The van der Waals surface area contributed by atoms with Crippen LogP contribution in [0.2, 0.25) is 0 Å². The predicted octanol–water partition coefficient (Wildman–Crippen LogP) is 7.78. The summed E-state index contributed by atoms with van der Waals surface area (Å²) in [6.45, 7) is 3.60. The molecule has 0 saturated carbocycles. The van der Waals surface area contributed by atoms with Crippen LogP contribution in [0.5, 0.6) is 11.5 Å². The Morgan fingerprint density at radius 2 is 1.74 bits per heavy atom. The second kappa shape index (κ2) is 10.4. The van der Waals surface area contributed by atoms with Gasteiger partial charge in [0.15, 0.2) is 11.3 Å². The van der Waals surface area contributed by atoms with E-state index in [-0.39, 0.29) is 44.9 Å². The third kappa shape index (κ3) is 6.41. The van der Waals surface area contributed by atoms with Gasteiger partial charge in [-0.2, -0.15) is 26.3 Å². The maximum atomic E-state index is 13.5. The van der Waals surface area contributed by atoms with Gasteiger partial charge in [-0.15, -0.1) is 0 Å². The van der Waals surface area contributed by atoms with Crippen molar-refractivity contribution < 1.29 is 45.5 Å². The lowest BCUT2D eigenvalue weighted by atomic mass is 9.97. The first-order chi connectivity index (χ1) is 16.3. The Bertz CT molecular complexity index is 1220. The number of halogens is 6. The molecule has 190 valence electrons. The molecule has 0 unspecified atom stereocenters. The molecule has 3 aromatic rings. The van der Waals surface area contributed by atoms with E-state index in [1.807, 2.05) is 6.92 Å². The minimum atomic E-state index is -4.75. The van der Waals surface area contributed by atoms with Gasteiger partial charge in [0.05, 0.1) is 11.8 Å². The number of hydrogen-bond acceptors (Lipinski definition) is 5. The van der Waals surface area contributed by atoms with Crippen LogP contribution >= 0.6 is 11.8 Å². The number of carboxylic acids is 1. The van der Waals surface area contributed by atoms with Gasteiger partial charge in [0.2, 0.25) is 0 Å². The van der Waals surface area contributed by atoms with Gasteiger partial charge in [-0.25, -0.2) is 0 Å². The highest BCUT2D eigenvalue weighted by molar-refractivity contribution is 8.00. The summed E-state index contributed by atoms with van der Waals surface area (Å²) in [7, 11) is 0. The number of fused-ring (bicyclic) bond motifs is 1. The first kappa shape index (κ1) is 26.7. The van der Waals surface area contributed by atoms with Gasteiger partial charge in [-0.3, -0.25) is 4.79 Å². The summed E-state index contributed by atoms with van der Waals surface area (Å²) in [4.78, 5) is 11.1. The number of thioether (sulfide) groups is 1. The molecular formula is C23H21F6NO4S. The number of aryl methyl sites for hydroxylation is 2. The van der Waals surface area contributed by atoms with Gasteiger partial charge >= 0.3 is 17.7 Å². The molecule has 0 aliphatic heterocycles. The number of alkyl halides is 6. The van der Waals surface area contributed by atoms with Crippen LogP contribution in [0.4, 0.5) is 26.3 Å². The summed E-state index contributed by atoms with van der Waals surface area (Å²) in [5.74, 6) is -1.23. The lowest BCUT2D eigenvalue weighted by Gasteiger charge is -2.19. The van der Waals surface area contributed by atoms with Crippen LogP contribution in [0.3, 0.4) is 0 Å². The Hall–Kier alpha value is -2.89. The number of aliphatic carboxylic acids is 1.